The van der Waals surface area contributed by atoms with E-state index in [1.54, 1.807) is 34.0 Å². The van der Waals surface area contributed by atoms with Crippen molar-refractivity contribution >= 4 is 38.2 Å². The van der Waals surface area contributed by atoms with Crippen molar-refractivity contribution in [3.8, 4) is 21.9 Å². The van der Waals surface area contributed by atoms with Crippen molar-refractivity contribution < 1.29 is 22.3 Å². The number of hydrogen-bond donors (Lipinski definition) is 3. The average Bonchev–Trinajstić information content (AvgIpc) is 3.35. The average molecular weight is 519 g/mol. The van der Waals surface area contributed by atoms with E-state index in [1.165, 1.54) is 29.8 Å². The van der Waals surface area contributed by atoms with Gasteiger partial charge in [0.15, 0.2) is 0 Å². The molecule has 3 aromatic heterocycles. The number of rotatable bonds is 5. The lowest BCUT2D eigenvalue weighted by Crippen LogP contribution is -2.19. The number of aromatic amines is 1. The van der Waals surface area contributed by atoms with Gasteiger partial charge in [0.05, 0.1) is 4.88 Å². The number of amides is 1. The maximum atomic E-state index is 13.9. The van der Waals surface area contributed by atoms with E-state index >= 15 is 0 Å². The Bertz CT molecular complexity index is 1660. The van der Waals surface area contributed by atoms with E-state index in [4.69, 9.17) is 9.88 Å². The zero-order chi connectivity index (χ0) is 25.8. The Hall–Kier alpha value is -3.48. The standard InChI is InChI=1S/C23H23FN4O5S2/c1-10-6-13(24)7-11(2)18(10)33-19-12(3)23(35(25,31)32)34-20(19)15-9-28(5)22(30)17-14(15)8-16(27-17)21(29)26-4/h6-9,27H,1-5H3,(H,26,29)(H2,25,31,32). The fourth-order valence-corrected chi connectivity index (χ4v) is 6.21. The second-order valence-corrected chi connectivity index (χ2v) is 11.0. The molecule has 12 heteroatoms. The molecule has 0 unspecified atom stereocenters. The van der Waals surface area contributed by atoms with Crippen LogP contribution < -0.4 is 20.8 Å². The van der Waals surface area contributed by atoms with E-state index in [1.807, 2.05) is 0 Å². The quantitative estimate of drug-likeness (QED) is 0.372. The number of thiophene rings is 1. The summed E-state index contributed by atoms with van der Waals surface area (Å²) in [5.41, 5.74) is 1.75. The highest BCUT2D eigenvalue weighted by molar-refractivity contribution is 7.91. The lowest BCUT2D eigenvalue weighted by Gasteiger charge is -2.14. The predicted molar refractivity (Wildman–Crippen MR) is 132 cm³/mol. The first kappa shape index (κ1) is 24.6. The number of carbonyl (C=O) groups excluding carboxylic acids is 1. The van der Waals surface area contributed by atoms with Gasteiger partial charge >= 0.3 is 0 Å². The summed E-state index contributed by atoms with van der Waals surface area (Å²) in [5.74, 6) is -0.264. The van der Waals surface area contributed by atoms with E-state index in [0.29, 0.717) is 32.7 Å². The molecule has 0 spiro atoms. The minimum absolute atomic E-state index is 0.107. The highest BCUT2D eigenvalue weighted by Gasteiger charge is 2.28. The minimum atomic E-state index is -4.11. The Labute approximate surface area is 204 Å². The predicted octanol–water partition coefficient (Wildman–Crippen LogP) is 3.46. The number of halogens is 1. The fourth-order valence-electron chi connectivity index (χ4n) is 3.98. The number of carbonyl (C=O) groups is 1. The number of H-pyrrole nitrogens is 1. The molecule has 0 atom stereocenters. The molecule has 1 aromatic carbocycles. The normalized spacial score (nSPS) is 11.7. The van der Waals surface area contributed by atoms with Gasteiger partial charge < -0.3 is 19.6 Å². The van der Waals surface area contributed by atoms with Crippen LogP contribution in [0.4, 0.5) is 4.39 Å². The van der Waals surface area contributed by atoms with E-state index in [2.05, 4.69) is 10.3 Å². The molecule has 0 aliphatic heterocycles. The number of fused-ring (bicyclic) bond motifs is 1. The lowest BCUT2D eigenvalue weighted by atomic mass is 10.1. The van der Waals surface area contributed by atoms with Gasteiger partial charge in [0.25, 0.3) is 11.5 Å². The number of aryl methyl sites for hydroxylation is 3. The van der Waals surface area contributed by atoms with E-state index in [0.717, 1.165) is 11.3 Å². The molecule has 0 aliphatic carbocycles. The summed E-state index contributed by atoms with van der Waals surface area (Å²) in [4.78, 5) is 28.2. The summed E-state index contributed by atoms with van der Waals surface area (Å²) >= 11 is 0.891. The second-order valence-electron chi connectivity index (χ2n) is 8.20. The van der Waals surface area contributed by atoms with Crippen LogP contribution in [0.2, 0.25) is 0 Å². The van der Waals surface area contributed by atoms with Crippen molar-refractivity contribution in [2.75, 3.05) is 7.05 Å². The Balaban J connectivity index is 2.06. The number of benzene rings is 1. The molecule has 0 saturated carbocycles. The Morgan fingerprint density at radius 3 is 2.37 bits per heavy atom. The van der Waals surface area contributed by atoms with Gasteiger partial charge in [-0.2, -0.15) is 0 Å². The van der Waals surface area contributed by atoms with Crippen molar-refractivity contribution in [2.45, 2.75) is 25.0 Å². The molecule has 0 aliphatic rings. The van der Waals surface area contributed by atoms with Crippen molar-refractivity contribution in [1.82, 2.24) is 14.9 Å². The number of primary sulfonamides is 1. The van der Waals surface area contributed by atoms with Crippen LogP contribution in [0.5, 0.6) is 11.5 Å². The van der Waals surface area contributed by atoms with E-state index in [-0.39, 0.29) is 32.3 Å². The van der Waals surface area contributed by atoms with Crippen molar-refractivity contribution in [3.63, 3.8) is 0 Å². The summed E-state index contributed by atoms with van der Waals surface area (Å²) in [6, 6.07) is 4.15. The monoisotopic (exact) mass is 518 g/mol. The second kappa shape index (κ2) is 8.63. The van der Waals surface area contributed by atoms with Crippen LogP contribution in [-0.4, -0.2) is 30.9 Å². The molecule has 3 heterocycles. The van der Waals surface area contributed by atoms with Gasteiger partial charge in [-0.3, -0.25) is 9.59 Å². The van der Waals surface area contributed by atoms with Gasteiger partial charge in [-0.1, -0.05) is 0 Å². The molecule has 4 aromatic rings. The summed E-state index contributed by atoms with van der Waals surface area (Å²) in [5, 5.41) is 8.39. The SMILES string of the molecule is CNC(=O)c1cc2c(-c3sc(S(N)(=O)=O)c(C)c3Oc3c(C)cc(F)cc3C)cn(C)c(=O)c2[nH]1. The smallest absolute Gasteiger partial charge is 0.274 e. The van der Waals surface area contributed by atoms with Crippen LogP contribution in [-0.2, 0) is 17.1 Å². The number of nitrogens with one attached hydrogen (secondary N) is 2. The zero-order valence-electron chi connectivity index (χ0n) is 19.6. The van der Waals surface area contributed by atoms with Crippen molar-refractivity contribution in [3.05, 3.63) is 63.0 Å². The lowest BCUT2D eigenvalue weighted by molar-refractivity contribution is 0.0959. The zero-order valence-corrected chi connectivity index (χ0v) is 21.2. The van der Waals surface area contributed by atoms with Crippen LogP contribution in [0, 0.1) is 26.6 Å². The molecular weight excluding hydrogens is 495 g/mol. The van der Waals surface area contributed by atoms with Crippen molar-refractivity contribution in [2.24, 2.45) is 12.2 Å². The van der Waals surface area contributed by atoms with Gasteiger partial charge in [0.2, 0.25) is 10.0 Å². The van der Waals surface area contributed by atoms with Gasteiger partial charge in [0, 0.05) is 36.8 Å². The number of aromatic nitrogens is 2. The van der Waals surface area contributed by atoms with E-state index in [9.17, 15) is 22.4 Å². The molecule has 0 radical (unpaired) electrons. The number of sulfonamides is 1. The first-order valence-corrected chi connectivity index (χ1v) is 12.7. The first-order chi connectivity index (χ1) is 16.3. The molecule has 1 amide bonds. The van der Waals surface area contributed by atoms with Crippen LogP contribution in [0.25, 0.3) is 21.3 Å². The molecule has 9 nitrogen and oxygen atoms in total. The Kier molecular flexibility index (Phi) is 6.07. The molecule has 0 bridgehead atoms. The van der Waals surface area contributed by atoms with Crippen LogP contribution in [0.15, 0.2) is 33.4 Å². The first-order valence-electron chi connectivity index (χ1n) is 10.4. The third kappa shape index (κ3) is 4.24. The minimum Gasteiger partial charge on any atom is -0.455 e. The molecule has 4 rings (SSSR count). The molecule has 0 fully saturated rings. The molecule has 0 saturated heterocycles. The summed E-state index contributed by atoms with van der Waals surface area (Å²) in [7, 11) is -1.10. The summed E-state index contributed by atoms with van der Waals surface area (Å²) < 4.78 is 46.0. The maximum absolute atomic E-state index is 13.9. The van der Waals surface area contributed by atoms with Crippen LogP contribution >= 0.6 is 11.3 Å². The van der Waals surface area contributed by atoms with Crippen molar-refractivity contribution in [1.29, 1.82) is 0 Å². The number of pyridine rings is 1. The molecular formula is C23H23FN4O5S2. The number of nitrogens with two attached hydrogens (primary N) is 1. The number of ether oxygens (including phenoxy) is 1. The van der Waals surface area contributed by atoms with E-state index < -0.39 is 21.7 Å². The van der Waals surface area contributed by atoms with Crippen LogP contribution in [0.1, 0.15) is 27.2 Å². The fraction of sp³-hybridized carbons (Fsp3) is 0.217. The van der Waals surface area contributed by atoms with Gasteiger partial charge in [0.1, 0.15) is 32.7 Å². The topological polar surface area (TPSA) is 136 Å². The Morgan fingerprint density at radius 2 is 1.80 bits per heavy atom. The van der Waals surface area contributed by atoms with Gasteiger partial charge in [-0.25, -0.2) is 17.9 Å². The molecule has 184 valence electrons. The molecule has 4 N–H and O–H groups in total. The summed E-state index contributed by atoms with van der Waals surface area (Å²) in [6.45, 7) is 4.93. The van der Waals surface area contributed by atoms with Crippen LogP contribution in [0.3, 0.4) is 0 Å². The molecule has 35 heavy (non-hydrogen) atoms. The highest BCUT2D eigenvalue weighted by Crippen LogP contribution is 2.48. The maximum Gasteiger partial charge on any atom is 0.274 e. The van der Waals surface area contributed by atoms with Gasteiger partial charge in [-0.15, -0.1) is 11.3 Å². The number of nitrogens with zero attached hydrogens (tertiary/aromatic N) is 1. The van der Waals surface area contributed by atoms with Gasteiger partial charge in [-0.05, 0) is 50.1 Å². The summed E-state index contributed by atoms with van der Waals surface area (Å²) in [6.07, 6.45) is 1.54. The third-order valence-electron chi connectivity index (χ3n) is 5.62. The highest BCUT2D eigenvalue weighted by atomic mass is 32.2. The largest absolute Gasteiger partial charge is 0.455 e. The third-order valence-corrected chi connectivity index (χ3v) is 8.49. The Morgan fingerprint density at radius 1 is 1.17 bits per heavy atom. The number of hydrogen-bond acceptors (Lipinski definition) is 6.